The summed E-state index contributed by atoms with van der Waals surface area (Å²) in [5, 5.41) is 15.7. The molecule has 0 bridgehead atoms. The van der Waals surface area contributed by atoms with Crippen LogP contribution in [0.4, 0.5) is 5.13 Å². The molecule has 27 heavy (non-hydrogen) atoms. The second kappa shape index (κ2) is 9.25. The van der Waals surface area contributed by atoms with Crippen molar-refractivity contribution in [2.45, 2.75) is 33.3 Å². The largest absolute Gasteiger partial charge is 0.486 e. The lowest BCUT2D eigenvalue weighted by Gasteiger charge is -2.03. The van der Waals surface area contributed by atoms with E-state index < -0.39 is 0 Å². The molecule has 0 spiro atoms. The number of benzene rings is 1. The van der Waals surface area contributed by atoms with Gasteiger partial charge in [0.25, 0.3) is 0 Å². The summed E-state index contributed by atoms with van der Waals surface area (Å²) in [7, 11) is 0. The predicted molar refractivity (Wildman–Crippen MR) is 109 cm³/mol. The van der Waals surface area contributed by atoms with Gasteiger partial charge in [0.1, 0.15) is 22.4 Å². The average Bonchev–Trinajstić information content (AvgIpc) is 3.23. The SMILES string of the molecule is CC(C)Cc1nnc(NC(=O)Cc2csc(COc3ccc(Cl)cc3)n2)s1. The molecule has 0 saturated carbocycles. The maximum absolute atomic E-state index is 12.2. The minimum Gasteiger partial charge on any atom is -0.486 e. The van der Waals surface area contributed by atoms with Crippen molar-refractivity contribution in [1.29, 1.82) is 0 Å². The van der Waals surface area contributed by atoms with Crippen molar-refractivity contribution in [3.8, 4) is 5.75 Å². The highest BCUT2D eigenvalue weighted by Gasteiger charge is 2.12. The number of amides is 1. The van der Waals surface area contributed by atoms with Crippen molar-refractivity contribution in [1.82, 2.24) is 15.2 Å². The van der Waals surface area contributed by atoms with Crippen LogP contribution in [0.1, 0.15) is 29.6 Å². The van der Waals surface area contributed by atoms with E-state index in [0.29, 0.717) is 28.4 Å². The van der Waals surface area contributed by atoms with Crippen LogP contribution >= 0.6 is 34.3 Å². The van der Waals surface area contributed by atoms with Gasteiger partial charge < -0.3 is 10.1 Å². The molecule has 0 fully saturated rings. The number of nitrogens with zero attached hydrogens (tertiary/aromatic N) is 3. The number of carbonyl (C=O) groups excluding carboxylic acids is 1. The van der Waals surface area contributed by atoms with Gasteiger partial charge in [-0.25, -0.2) is 4.98 Å². The summed E-state index contributed by atoms with van der Waals surface area (Å²) < 4.78 is 5.67. The maximum atomic E-state index is 12.2. The lowest BCUT2D eigenvalue weighted by molar-refractivity contribution is -0.115. The number of hydrogen-bond donors (Lipinski definition) is 1. The number of carbonyl (C=O) groups is 1. The monoisotopic (exact) mass is 422 g/mol. The van der Waals surface area contributed by atoms with E-state index in [1.807, 2.05) is 5.38 Å². The third-order valence-corrected chi connectivity index (χ3v) is 5.40. The molecule has 0 unspecified atom stereocenters. The Morgan fingerprint density at radius 1 is 1.22 bits per heavy atom. The molecule has 0 aliphatic carbocycles. The fourth-order valence-electron chi connectivity index (χ4n) is 2.24. The molecule has 3 aromatic rings. The number of nitrogens with one attached hydrogen (secondary N) is 1. The van der Waals surface area contributed by atoms with Gasteiger partial charge >= 0.3 is 0 Å². The van der Waals surface area contributed by atoms with E-state index in [4.69, 9.17) is 16.3 Å². The fraction of sp³-hybridized carbons (Fsp3) is 0.333. The van der Waals surface area contributed by atoms with Gasteiger partial charge in [-0.2, -0.15) is 0 Å². The van der Waals surface area contributed by atoms with Crippen LogP contribution in [0.15, 0.2) is 29.6 Å². The molecule has 0 saturated heterocycles. The zero-order chi connectivity index (χ0) is 19.2. The Balaban J connectivity index is 1.48. The highest BCUT2D eigenvalue weighted by atomic mass is 35.5. The van der Waals surface area contributed by atoms with Crippen LogP contribution in [-0.4, -0.2) is 21.1 Å². The van der Waals surface area contributed by atoms with Crippen molar-refractivity contribution in [2.24, 2.45) is 5.92 Å². The fourth-order valence-corrected chi connectivity index (χ4v) is 4.04. The molecule has 6 nitrogen and oxygen atoms in total. The Hall–Kier alpha value is -2.03. The number of thiazole rings is 1. The Kier molecular flexibility index (Phi) is 6.76. The minimum absolute atomic E-state index is 0.155. The molecule has 0 atom stereocenters. The van der Waals surface area contributed by atoms with E-state index in [1.54, 1.807) is 24.3 Å². The standard InChI is InChI=1S/C18H19ClN4O2S2/c1-11(2)7-16-22-23-18(27-16)21-15(24)8-13-10-26-17(20-13)9-25-14-5-3-12(19)4-6-14/h3-6,10-11H,7-9H2,1-2H3,(H,21,23,24). The predicted octanol–water partition coefficient (Wildman–Crippen LogP) is 4.61. The van der Waals surface area contributed by atoms with Gasteiger partial charge in [0.15, 0.2) is 0 Å². The van der Waals surface area contributed by atoms with E-state index in [2.05, 4.69) is 34.3 Å². The lowest BCUT2D eigenvalue weighted by atomic mass is 10.1. The topological polar surface area (TPSA) is 77.0 Å². The van der Waals surface area contributed by atoms with Crippen LogP contribution in [0, 0.1) is 5.92 Å². The third-order valence-electron chi connectivity index (χ3n) is 3.41. The first-order valence-electron chi connectivity index (χ1n) is 8.42. The quantitative estimate of drug-likeness (QED) is 0.573. The molecule has 0 radical (unpaired) electrons. The van der Waals surface area contributed by atoms with Gasteiger partial charge in [-0.05, 0) is 30.2 Å². The van der Waals surface area contributed by atoms with Crippen LogP contribution in [0.5, 0.6) is 5.75 Å². The Morgan fingerprint density at radius 3 is 2.74 bits per heavy atom. The number of halogens is 1. The molecular weight excluding hydrogens is 404 g/mol. The summed E-state index contributed by atoms with van der Waals surface area (Å²) in [6.07, 6.45) is 1.05. The number of ether oxygens (including phenoxy) is 1. The van der Waals surface area contributed by atoms with Crippen molar-refractivity contribution in [3.05, 3.63) is 50.4 Å². The first-order chi connectivity index (χ1) is 13.0. The number of aromatic nitrogens is 3. The first kappa shape index (κ1) is 19.7. The van der Waals surface area contributed by atoms with Crippen LogP contribution in [0.2, 0.25) is 5.02 Å². The van der Waals surface area contributed by atoms with E-state index in [9.17, 15) is 4.79 Å². The van der Waals surface area contributed by atoms with Gasteiger partial charge in [0.2, 0.25) is 11.0 Å². The van der Waals surface area contributed by atoms with Gasteiger partial charge in [-0.1, -0.05) is 36.8 Å². The normalized spacial score (nSPS) is 11.0. The van der Waals surface area contributed by atoms with Gasteiger partial charge in [0.05, 0.1) is 12.1 Å². The number of anilines is 1. The second-order valence-corrected chi connectivity index (χ2v) is 8.74. The summed E-state index contributed by atoms with van der Waals surface area (Å²) in [6, 6.07) is 7.16. The molecule has 1 amide bonds. The summed E-state index contributed by atoms with van der Waals surface area (Å²) in [4.78, 5) is 16.6. The third kappa shape index (κ3) is 6.27. The minimum atomic E-state index is -0.155. The number of rotatable bonds is 8. The summed E-state index contributed by atoms with van der Waals surface area (Å²) >= 11 is 8.72. The summed E-state index contributed by atoms with van der Waals surface area (Å²) in [5.41, 5.74) is 0.708. The highest BCUT2D eigenvalue weighted by molar-refractivity contribution is 7.15. The Labute approximate surface area is 170 Å². The highest BCUT2D eigenvalue weighted by Crippen LogP contribution is 2.20. The smallest absolute Gasteiger partial charge is 0.232 e. The number of hydrogen-bond acceptors (Lipinski definition) is 7. The molecular formula is C18H19ClN4O2S2. The van der Waals surface area contributed by atoms with Crippen molar-refractivity contribution >= 4 is 45.3 Å². The molecule has 0 aliphatic rings. The Bertz CT molecular complexity index is 893. The molecule has 0 aliphatic heterocycles. The molecule has 2 aromatic heterocycles. The molecule has 142 valence electrons. The van der Waals surface area contributed by atoms with Crippen LogP contribution in [0.25, 0.3) is 0 Å². The lowest BCUT2D eigenvalue weighted by Crippen LogP contribution is -2.14. The van der Waals surface area contributed by atoms with Crippen LogP contribution in [0.3, 0.4) is 0 Å². The van der Waals surface area contributed by atoms with E-state index in [1.165, 1.54) is 22.7 Å². The second-order valence-electron chi connectivity index (χ2n) is 6.30. The van der Waals surface area contributed by atoms with Crippen LogP contribution < -0.4 is 10.1 Å². The first-order valence-corrected chi connectivity index (χ1v) is 10.5. The maximum Gasteiger partial charge on any atom is 0.232 e. The van der Waals surface area contributed by atoms with Crippen molar-refractivity contribution in [3.63, 3.8) is 0 Å². The molecule has 1 aromatic carbocycles. The van der Waals surface area contributed by atoms with E-state index >= 15 is 0 Å². The van der Waals surface area contributed by atoms with Crippen molar-refractivity contribution < 1.29 is 9.53 Å². The van der Waals surface area contributed by atoms with Gasteiger partial charge in [-0.3, -0.25) is 4.79 Å². The van der Waals surface area contributed by atoms with E-state index in [0.717, 1.165) is 22.2 Å². The zero-order valence-corrected chi connectivity index (χ0v) is 17.3. The molecule has 2 heterocycles. The van der Waals surface area contributed by atoms with E-state index in [-0.39, 0.29) is 12.3 Å². The van der Waals surface area contributed by atoms with Crippen molar-refractivity contribution in [2.75, 3.05) is 5.32 Å². The van der Waals surface area contributed by atoms with Gasteiger partial charge in [-0.15, -0.1) is 21.5 Å². The van der Waals surface area contributed by atoms with Crippen LogP contribution in [-0.2, 0) is 24.2 Å². The van der Waals surface area contributed by atoms with Gasteiger partial charge in [0, 0.05) is 16.8 Å². The summed E-state index contributed by atoms with van der Waals surface area (Å²) in [5.74, 6) is 1.07. The molecule has 1 N–H and O–H groups in total. The Morgan fingerprint density at radius 2 is 2.00 bits per heavy atom. The zero-order valence-electron chi connectivity index (χ0n) is 14.9. The molecule has 3 rings (SSSR count). The molecule has 9 heteroatoms. The summed E-state index contributed by atoms with van der Waals surface area (Å²) in [6.45, 7) is 4.59. The average molecular weight is 423 g/mol.